The van der Waals surface area contributed by atoms with Gasteiger partial charge in [0.05, 0.1) is 25.1 Å². The first kappa shape index (κ1) is 30.1. The van der Waals surface area contributed by atoms with Gasteiger partial charge in [0.15, 0.2) is 29.1 Å². The van der Waals surface area contributed by atoms with E-state index < -0.39 is 64.0 Å². The van der Waals surface area contributed by atoms with Gasteiger partial charge in [-0.2, -0.15) is 0 Å². The number of nitrogens with one attached hydrogen (secondary N) is 1. The summed E-state index contributed by atoms with van der Waals surface area (Å²) in [4.78, 5) is 27.4. The van der Waals surface area contributed by atoms with Crippen LogP contribution < -0.4 is 10.1 Å². The van der Waals surface area contributed by atoms with Gasteiger partial charge in [0, 0.05) is 35.6 Å². The van der Waals surface area contributed by atoms with Crippen molar-refractivity contribution < 1.29 is 46.1 Å². The first-order chi connectivity index (χ1) is 18.0. The van der Waals surface area contributed by atoms with Crippen molar-refractivity contribution in [3.8, 4) is 5.75 Å². The van der Waals surface area contributed by atoms with Crippen LogP contribution in [0.5, 0.6) is 5.75 Å². The number of ether oxygens (including phenoxy) is 2. The molecule has 0 aliphatic carbocycles. The van der Waals surface area contributed by atoms with Crippen LogP contribution in [-0.2, 0) is 14.3 Å². The Hall–Kier alpha value is -3.48. The number of halogens is 6. The monoisotopic (exact) mass is 574 g/mol. The van der Waals surface area contributed by atoms with E-state index in [2.05, 4.69) is 5.32 Å². The van der Waals surface area contributed by atoms with Crippen LogP contribution in [0.3, 0.4) is 0 Å². The van der Waals surface area contributed by atoms with Gasteiger partial charge in [0.2, 0.25) is 5.82 Å². The second-order valence-electron chi connectivity index (χ2n) is 8.83. The summed E-state index contributed by atoms with van der Waals surface area (Å²) in [6, 6.07) is 8.72. The average molecular weight is 575 g/mol. The fourth-order valence-corrected chi connectivity index (χ4v) is 4.65. The molecule has 210 valence electrons. The molecule has 0 saturated heterocycles. The number of carbonyl (C=O) groups is 2. The molecule has 0 radical (unpaired) electrons. The van der Waals surface area contributed by atoms with E-state index in [0.29, 0.717) is 5.75 Å². The molecule has 0 bridgehead atoms. The minimum atomic E-state index is -2.36. The molecule has 13 heteroatoms. The fraction of sp³-hybridized carbons (Fsp3) is 0.308. The Kier molecular flexibility index (Phi) is 9.36. The van der Waals surface area contributed by atoms with Crippen molar-refractivity contribution in [1.29, 1.82) is 0 Å². The third-order valence-corrected chi connectivity index (χ3v) is 6.29. The van der Waals surface area contributed by atoms with Crippen LogP contribution in [0, 0.1) is 29.1 Å². The van der Waals surface area contributed by atoms with Gasteiger partial charge in [-0.25, -0.2) is 26.7 Å². The van der Waals surface area contributed by atoms with Gasteiger partial charge in [0.25, 0.3) is 0 Å². The van der Waals surface area contributed by atoms with Crippen molar-refractivity contribution in [3.05, 3.63) is 87.5 Å². The number of Topliss-reactive ketones (excluding diaryl/α,β-unsaturated/α-hetero) is 1. The largest absolute Gasteiger partial charge is 0.491 e. The lowest BCUT2D eigenvalue weighted by Crippen LogP contribution is -2.48. The number of β-amino-alcohol motifs (C(OH)–C–C–N with tert-alkyl or cyclic N) is 1. The zero-order chi connectivity index (χ0) is 27.7. The van der Waals surface area contributed by atoms with Crippen molar-refractivity contribution in [3.63, 3.8) is 0 Å². The van der Waals surface area contributed by atoms with Gasteiger partial charge >= 0.3 is 5.97 Å². The van der Waals surface area contributed by atoms with E-state index in [1.807, 2.05) is 0 Å². The smallest absolute Gasteiger partial charge is 0.336 e. The zero-order valence-electron chi connectivity index (χ0n) is 20.7. The number of hydrogen-bond donors (Lipinski definition) is 2. The first-order valence-electron chi connectivity index (χ1n) is 11.5. The third-order valence-electron chi connectivity index (χ3n) is 6.29. The molecule has 2 unspecified atom stereocenters. The summed E-state index contributed by atoms with van der Waals surface area (Å²) in [6.45, 7) is 0.813. The van der Waals surface area contributed by atoms with E-state index in [1.54, 1.807) is 30.3 Å². The maximum Gasteiger partial charge on any atom is 0.336 e. The summed E-state index contributed by atoms with van der Waals surface area (Å²) in [5.41, 5.74) is -2.02. The van der Waals surface area contributed by atoms with Crippen molar-refractivity contribution in [2.75, 3.05) is 33.4 Å². The molecule has 2 aliphatic heterocycles. The van der Waals surface area contributed by atoms with Gasteiger partial charge < -0.3 is 19.9 Å². The number of hydrogen-bond acceptors (Lipinski definition) is 7. The van der Waals surface area contributed by atoms with Gasteiger partial charge in [-0.05, 0) is 19.1 Å². The van der Waals surface area contributed by atoms with Crippen molar-refractivity contribution in [2.45, 2.75) is 18.9 Å². The summed E-state index contributed by atoms with van der Waals surface area (Å²) in [6.07, 6.45) is -1.03. The molecule has 2 atom stereocenters. The normalized spacial score (nSPS) is 18.3. The molecule has 2 aromatic rings. The lowest BCUT2D eigenvalue weighted by Gasteiger charge is -2.38. The first-order valence-corrected chi connectivity index (χ1v) is 11.5. The standard InChI is InChI=1S/C26H23F5N2O5.ClH/c1-12-17(26(36)37-2)19(20-21(27)23(29)25(31)24(30)22(20)28)18-15(32-12)9-33(10-16(18)35)8-13(34)11-38-14-6-4-3-5-7-14;/h3-7,13,19,32,34H,8-11H2,1-2H3;1H. The number of aliphatic hydroxyl groups excluding tert-OH is 1. The Morgan fingerprint density at radius 1 is 1.05 bits per heavy atom. The molecular weight excluding hydrogens is 551 g/mol. The maximum atomic E-state index is 14.9. The summed E-state index contributed by atoms with van der Waals surface area (Å²) in [5.74, 6) is -14.3. The average Bonchev–Trinajstić information content (AvgIpc) is 2.89. The molecule has 0 aromatic heterocycles. The minimum absolute atomic E-state index is 0. The van der Waals surface area contributed by atoms with Crippen LogP contribution in [0.4, 0.5) is 22.0 Å². The third kappa shape index (κ3) is 5.77. The summed E-state index contributed by atoms with van der Waals surface area (Å²) in [7, 11) is 0.978. The van der Waals surface area contributed by atoms with E-state index >= 15 is 0 Å². The SMILES string of the molecule is COC(=O)C1=C(C)NC2=C(C(=O)CN(CC(O)COc3ccccc3)C2)C1c1c(F)c(F)c(F)c(F)c1F.Cl. The van der Waals surface area contributed by atoms with E-state index in [-0.39, 0.29) is 55.6 Å². The molecule has 2 N–H and O–H groups in total. The Morgan fingerprint density at radius 2 is 1.64 bits per heavy atom. The molecule has 4 rings (SSSR count). The lowest BCUT2D eigenvalue weighted by atomic mass is 9.76. The predicted molar refractivity (Wildman–Crippen MR) is 130 cm³/mol. The fourth-order valence-electron chi connectivity index (χ4n) is 4.65. The van der Waals surface area contributed by atoms with Crippen LogP contribution in [-0.4, -0.2) is 61.2 Å². The van der Waals surface area contributed by atoms with E-state index in [4.69, 9.17) is 9.47 Å². The number of esters is 1. The molecule has 2 aliphatic rings. The number of carbonyl (C=O) groups excluding carboxylic acids is 2. The molecular formula is C26H24ClF5N2O5. The van der Waals surface area contributed by atoms with E-state index in [0.717, 1.165) is 7.11 Å². The molecule has 0 spiro atoms. The van der Waals surface area contributed by atoms with Crippen LogP contribution >= 0.6 is 12.4 Å². The predicted octanol–water partition coefficient (Wildman–Crippen LogP) is 3.52. The Labute approximate surface area is 226 Å². The Bertz CT molecular complexity index is 1320. The molecule has 7 nitrogen and oxygen atoms in total. The molecule has 0 fully saturated rings. The van der Waals surface area contributed by atoms with Crippen LogP contribution in [0.25, 0.3) is 0 Å². The number of aliphatic hydroxyl groups is 1. The Morgan fingerprint density at radius 3 is 2.23 bits per heavy atom. The molecule has 2 heterocycles. The van der Waals surface area contributed by atoms with E-state index in [1.165, 1.54) is 11.8 Å². The van der Waals surface area contributed by atoms with Crippen molar-refractivity contribution >= 4 is 24.2 Å². The number of nitrogens with zero attached hydrogens (tertiary/aromatic N) is 1. The number of methoxy groups -OCH3 is 1. The number of dihydropyridines is 1. The van der Waals surface area contributed by atoms with Gasteiger partial charge in [-0.1, -0.05) is 18.2 Å². The number of benzene rings is 2. The highest BCUT2D eigenvalue weighted by Gasteiger charge is 2.44. The second kappa shape index (κ2) is 12.1. The van der Waals surface area contributed by atoms with Gasteiger partial charge in [0.1, 0.15) is 18.5 Å². The van der Waals surface area contributed by atoms with Crippen LogP contribution in [0.1, 0.15) is 18.4 Å². The van der Waals surface area contributed by atoms with E-state index in [9.17, 15) is 36.6 Å². The van der Waals surface area contributed by atoms with Gasteiger partial charge in [-0.15, -0.1) is 12.4 Å². The molecule has 0 saturated carbocycles. The number of para-hydroxylation sites is 1. The quantitative estimate of drug-likeness (QED) is 0.226. The van der Waals surface area contributed by atoms with Crippen LogP contribution in [0.15, 0.2) is 52.9 Å². The zero-order valence-corrected chi connectivity index (χ0v) is 21.5. The highest BCUT2D eigenvalue weighted by molar-refractivity contribution is 6.04. The second-order valence-corrected chi connectivity index (χ2v) is 8.83. The minimum Gasteiger partial charge on any atom is -0.491 e. The van der Waals surface area contributed by atoms with Crippen LogP contribution in [0.2, 0.25) is 0 Å². The van der Waals surface area contributed by atoms with Crippen molar-refractivity contribution in [2.24, 2.45) is 0 Å². The topological polar surface area (TPSA) is 88.1 Å². The number of rotatable bonds is 7. The maximum absolute atomic E-state index is 14.9. The number of ketones is 1. The highest BCUT2D eigenvalue weighted by Crippen LogP contribution is 2.43. The van der Waals surface area contributed by atoms with Crippen molar-refractivity contribution in [1.82, 2.24) is 10.2 Å². The molecule has 39 heavy (non-hydrogen) atoms. The summed E-state index contributed by atoms with van der Waals surface area (Å²) in [5, 5.41) is 13.3. The number of allylic oxidation sites excluding steroid dienone is 1. The summed E-state index contributed by atoms with van der Waals surface area (Å²) >= 11 is 0. The lowest BCUT2D eigenvalue weighted by molar-refractivity contribution is -0.136. The molecule has 0 amide bonds. The molecule has 2 aromatic carbocycles. The highest BCUT2D eigenvalue weighted by atomic mass is 35.5. The summed E-state index contributed by atoms with van der Waals surface area (Å²) < 4.78 is 82.0. The van der Waals surface area contributed by atoms with Gasteiger partial charge in [-0.3, -0.25) is 9.69 Å². The Balaban J connectivity index is 0.00000420.